The third-order valence-corrected chi connectivity index (χ3v) is 4.96. The van der Waals surface area contributed by atoms with Crippen LogP contribution in [0.1, 0.15) is 18.4 Å². The van der Waals surface area contributed by atoms with Crippen molar-refractivity contribution in [2.75, 3.05) is 33.4 Å². The van der Waals surface area contributed by atoms with E-state index in [0.717, 1.165) is 25.2 Å². The average molecular weight is 360 g/mol. The van der Waals surface area contributed by atoms with Gasteiger partial charge in [-0.05, 0) is 36.6 Å². The molecule has 2 aromatic rings. The van der Waals surface area contributed by atoms with Crippen molar-refractivity contribution in [1.29, 1.82) is 0 Å². The predicted molar refractivity (Wildman–Crippen MR) is 96.0 cm³/mol. The largest absolute Gasteiger partial charge is 0.383 e. The standard InChI is InChI=1S/C19H25FN4O2/c1-26-14-10-21-18(25)19(24-11-2-9-22-24)7-12-23(13-8-19)15-16-3-5-17(20)6-4-16/h2-6,9,11H,7-8,10,12-15H2,1H3,(H,21,25). The van der Waals surface area contributed by atoms with Gasteiger partial charge in [-0.2, -0.15) is 5.10 Å². The van der Waals surface area contributed by atoms with Crippen molar-refractivity contribution in [1.82, 2.24) is 20.0 Å². The summed E-state index contributed by atoms with van der Waals surface area (Å²) in [5, 5.41) is 7.31. The minimum atomic E-state index is -0.670. The molecule has 140 valence electrons. The summed E-state index contributed by atoms with van der Waals surface area (Å²) >= 11 is 0. The Morgan fingerprint density at radius 3 is 2.65 bits per heavy atom. The molecule has 1 fully saturated rings. The van der Waals surface area contributed by atoms with Gasteiger partial charge in [0.1, 0.15) is 11.4 Å². The third kappa shape index (κ3) is 4.11. The Kier molecular flexibility index (Phi) is 6.00. The van der Waals surface area contributed by atoms with E-state index in [1.807, 2.05) is 24.4 Å². The Labute approximate surface area is 152 Å². The first-order chi connectivity index (χ1) is 12.6. The summed E-state index contributed by atoms with van der Waals surface area (Å²) in [5.74, 6) is -0.238. The number of rotatable bonds is 7. The Bertz CT molecular complexity index is 695. The average Bonchev–Trinajstić information content (AvgIpc) is 3.20. The molecule has 1 aliphatic heterocycles. The summed E-state index contributed by atoms with van der Waals surface area (Å²) in [7, 11) is 1.61. The molecule has 0 bridgehead atoms. The van der Waals surface area contributed by atoms with Gasteiger partial charge in [-0.25, -0.2) is 4.39 Å². The Balaban J connectivity index is 1.67. The molecule has 1 saturated heterocycles. The number of ether oxygens (including phenoxy) is 1. The number of aromatic nitrogens is 2. The van der Waals surface area contributed by atoms with E-state index in [1.54, 1.807) is 18.0 Å². The molecule has 0 saturated carbocycles. The smallest absolute Gasteiger partial charge is 0.248 e. The maximum Gasteiger partial charge on any atom is 0.248 e. The van der Waals surface area contributed by atoms with Gasteiger partial charge in [0.25, 0.3) is 0 Å². The number of hydrogen-bond acceptors (Lipinski definition) is 4. The third-order valence-electron chi connectivity index (χ3n) is 4.96. The quantitative estimate of drug-likeness (QED) is 0.765. The summed E-state index contributed by atoms with van der Waals surface area (Å²) in [6.45, 7) is 3.26. The zero-order valence-electron chi connectivity index (χ0n) is 15.0. The zero-order valence-corrected chi connectivity index (χ0v) is 15.0. The molecular formula is C19H25FN4O2. The summed E-state index contributed by atoms with van der Waals surface area (Å²) in [4.78, 5) is 15.2. The second kappa shape index (κ2) is 8.42. The van der Waals surface area contributed by atoms with E-state index in [1.165, 1.54) is 12.1 Å². The van der Waals surface area contributed by atoms with E-state index < -0.39 is 5.54 Å². The lowest BCUT2D eigenvalue weighted by atomic mass is 9.86. The molecule has 2 heterocycles. The van der Waals surface area contributed by atoms with Crippen LogP contribution < -0.4 is 5.32 Å². The van der Waals surface area contributed by atoms with Crippen LogP contribution in [0.4, 0.5) is 4.39 Å². The maximum absolute atomic E-state index is 13.1. The number of halogens is 1. The number of likely N-dealkylation sites (tertiary alicyclic amines) is 1. The highest BCUT2D eigenvalue weighted by atomic mass is 19.1. The first kappa shape index (κ1) is 18.5. The number of amides is 1. The fraction of sp³-hybridized carbons (Fsp3) is 0.474. The van der Waals surface area contributed by atoms with Gasteiger partial charge in [-0.15, -0.1) is 0 Å². The second-order valence-corrected chi connectivity index (χ2v) is 6.63. The molecule has 7 heteroatoms. The topological polar surface area (TPSA) is 59.4 Å². The number of nitrogens with zero attached hydrogens (tertiary/aromatic N) is 3. The number of piperidine rings is 1. The van der Waals surface area contributed by atoms with Crippen molar-refractivity contribution in [2.24, 2.45) is 0 Å². The van der Waals surface area contributed by atoms with Crippen molar-refractivity contribution in [3.8, 4) is 0 Å². The highest BCUT2D eigenvalue weighted by molar-refractivity contribution is 5.84. The molecule has 26 heavy (non-hydrogen) atoms. The van der Waals surface area contributed by atoms with Crippen LogP contribution in [-0.4, -0.2) is 53.9 Å². The number of methoxy groups -OCH3 is 1. The van der Waals surface area contributed by atoms with E-state index >= 15 is 0 Å². The predicted octanol–water partition coefficient (Wildman–Crippen LogP) is 1.78. The molecule has 1 N–H and O–H groups in total. The van der Waals surface area contributed by atoms with Crippen LogP contribution in [0.5, 0.6) is 0 Å². The molecule has 0 spiro atoms. The van der Waals surface area contributed by atoms with Gasteiger partial charge < -0.3 is 10.1 Å². The molecule has 0 atom stereocenters. The number of nitrogens with one attached hydrogen (secondary N) is 1. The van der Waals surface area contributed by atoms with Crippen LogP contribution in [0.15, 0.2) is 42.7 Å². The maximum atomic E-state index is 13.1. The fourth-order valence-electron chi connectivity index (χ4n) is 3.44. The Morgan fingerprint density at radius 1 is 1.31 bits per heavy atom. The van der Waals surface area contributed by atoms with Gasteiger partial charge in [-0.1, -0.05) is 12.1 Å². The number of benzene rings is 1. The highest BCUT2D eigenvalue weighted by Crippen LogP contribution is 2.30. The van der Waals surface area contributed by atoms with Gasteiger partial charge >= 0.3 is 0 Å². The van der Waals surface area contributed by atoms with Gasteiger partial charge in [0.15, 0.2) is 0 Å². The van der Waals surface area contributed by atoms with Gasteiger partial charge in [-0.3, -0.25) is 14.4 Å². The lowest BCUT2D eigenvalue weighted by Crippen LogP contribution is -2.55. The summed E-state index contributed by atoms with van der Waals surface area (Å²) in [5.41, 5.74) is 0.402. The summed E-state index contributed by atoms with van der Waals surface area (Å²) in [6.07, 6.45) is 4.91. The van der Waals surface area contributed by atoms with Crippen LogP contribution in [0.25, 0.3) is 0 Å². The van der Waals surface area contributed by atoms with E-state index in [9.17, 15) is 9.18 Å². The van der Waals surface area contributed by atoms with Crippen LogP contribution >= 0.6 is 0 Å². The Hall–Kier alpha value is -2.25. The molecule has 0 unspecified atom stereocenters. The SMILES string of the molecule is COCCNC(=O)C1(n2cccn2)CCN(Cc2ccc(F)cc2)CC1. The van der Waals surface area contributed by atoms with Crippen molar-refractivity contribution in [3.05, 3.63) is 54.1 Å². The highest BCUT2D eigenvalue weighted by Gasteiger charge is 2.43. The first-order valence-electron chi connectivity index (χ1n) is 8.88. The summed E-state index contributed by atoms with van der Waals surface area (Å²) in [6, 6.07) is 8.42. The van der Waals surface area contributed by atoms with Crippen LogP contribution in [0.2, 0.25) is 0 Å². The first-order valence-corrected chi connectivity index (χ1v) is 8.88. The minimum Gasteiger partial charge on any atom is -0.383 e. The zero-order chi connectivity index (χ0) is 18.4. The molecule has 6 nitrogen and oxygen atoms in total. The molecule has 0 aliphatic carbocycles. The monoisotopic (exact) mass is 360 g/mol. The van der Waals surface area contributed by atoms with Crippen LogP contribution in [0.3, 0.4) is 0 Å². The van der Waals surface area contributed by atoms with Crippen molar-refractivity contribution in [3.63, 3.8) is 0 Å². The Morgan fingerprint density at radius 2 is 2.04 bits per heavy atom. The lowest BCUT2D eigenvalue weighted by Gasteiger charge is -2.40. The lowest BCUT2D eigenvalue weighted by molar-refractivity contribution is -0.133. The molecule has 1 aromatic carbocycles. The fourth-order valence-corrected chi connectivity index (χ4v) is 3.44. The molecule has 0 radical (unpaired) electrons. The minimum absolute atomic E-state index is 0.0142. The van der Waals surface area contributed by atoms with Gasteiger partial charge in [0.05, 0.1) is 6.61 Å². The van der Waals surface area contributed by atoms with E-state index in [2.05, 4.69) is 15.3 Å². The van der Waals surface area contributed by atoms with E-state index in [-0.39, 0.29) is 11.7 Å². The molecule has 1 aromatic heterocycles. The van der Waals surface area contributed by atoms with E-state index in [0.29, 0.717) is 26.0 Å². The van der Waals surface area contributed by atoms with Gasteiger partial charge in [0.2, 0.25) is 5.91 Å². The second-order valence-electron chi connectivity index (χ2n) is 6.63. The van der Waals surface area contributed by atoms with Gasteiger partial charge in [0, 0.05) is 45.7 Å². The molecular weight excluding hydrogens is 335 g/mol. The van der Waals surface area contributed by atoms with Crippen LogP contribution in [-0.2, 0) is 21.6 Å². The molecule has 1 amide bonds. The normalized spacial score (nSPS) is 17.2. The number of carbonyl (C=O) groups excluding carboxylic acids is 1. The number of carbonyl (C=O) groups is 1. The molecule has 1 aliphatic rings. The van der Waals surface area contributed by atoms with Crippen LogP contribution in [0, 0.1) is 5.82 Å². The van der Waals surface area contributed by atoms with Crippen molar-refractivity contribution >= 4 is 5.91 Å². The van der Waals surface area contributed by atoms with Crippen molar-refractivity contribution < 1.29 is 13.9 Å². The summed E-state index contributed by atoms with van der Waals surface area (Å²) < 4.78 is 19.9. The van der Waals surface area contributed by atoms with E-state index in [4.69, 9.17) is 4.74 Å². The number of hydrogen-bond donors (Lipinski definition) is 1. The van der Waals surface area contributed by atoms with Crippen molar-refractivity contribution in [2.45, 2.75) is 24.9 Å². The molecule has 3 rings (SSSR count).